The Labute approximate surface area is 135 Å². The lowest BCUT2D eigenvalue weighted by atomic mass is 10.1. The van der Waals surface area contributed by atoms with Crippen LogP contribution >= 0.6 is 0 Å². The van der Waals surface area contributed by atoms with Crippen LogP contribution in [0.5, 0.6) is 5.75 Å². The number of likely N-dealkylation sites (tertiary alicyclic amines) is 1. The summed E-state index contributed by atoms with van der Waals surface area (Å²) in [6, 6.07) is 5.55. The summed E-state index contributed by atoms with van der Waals surface area (Å²) in [7, 11) is 1.61. The molecule has 0 saturated carbocycles. The standard InChI is InChI=1S/C17H22N4O2/c1-23-16-8-13(7-15(18)9-16)14-10-19-21(11-14)12-17(22)20-5-3-2-4-6-20/h7-11H,2-6,12,18H2,1H3. The molecule has 2 N–H and O–H groups in total. The molecule has 6 nitrogen and oxygen atoms in total. The van der Waals surface area contributed by atoms with Crippen molar-refractivity contribution >= 4 is 11.6 Å². The molecule has 6 heteroatoms. The van der Waals surface area contributed by atoms with Crippen molar-refractivity contribution in [3.05, 3.63) is 30.6 Å². The highest BCUT2D eigenvalue weighted by atomic mass is 16.5. The van der Waals surface area contributed by atoms with Gasteiger partial charge in [-0.25, -0.2) is 0 Å². The molecule has 23 heavy (non-hydrogen) atoms. The molecule has 3 rings (SSSR count). The van der Waals surface area contributed by atoms with Gasteiger partial charge in [0, 0.05) is 36.6 Å². The van der Waals surface area contributed by atoms with Crippen LogP contribution in [0.15, 0.2) is 30.6 Å². The summed E-state index contributed by atoms with van der Waals surface area (Å²) >= 11 is 0. The molecule has 0 aliphatic carbocycles. The Morgan fingerprint density at radius 2 is 2.00 bits per heavy atom. The van der Waals surface area contributed by atoms with Gasteiger partial charge in [0.2, 0.25) is 5.91 Å². The first kappa shape index (κ1) is 15.4. The summed E-state index contributed by atoms with van der Waals surface area (Å²) in [5.41, 5.74) is 8.37. The minimum Gasteiger partial charge on any atom is -0.497 e. The number of piperidine rings is 1. The van der Waals surface area contributed by atoms with Gasteiger partial charge in [-0.2, -0.15) is 5.10 Å². The molecule has 0 bridgehead atoms. The van der Waals surface area contributed by atoms with Gasteiger partial charge in [0.1, 0.15) is 12.3 Å². The third-order valence-corrected chi connectivity index (χ3v) is 4.14. The Bertz CT molecular complexity index is 690. The van der Waals surface area contributed by atoms with Crippen LogP contribution in [0.2, 0.25) is 0 Å². The molecule has 1 saturated heterocycles. The predicted octanol–water partition coefficient (Wildman–Crippen LogP) is 2.15. The van der Waals surface area contributed by atoms with Crippen LogP contribution in [0.3, 0.4) is 0 Å². The normalized spacial score (nSPS) is 14.7. The highest BCUT2D eigenvalue weighted by Crippen LogP contribution is 2.26. The second-order valence-electron chi connectivity index (χ2n) is 5.86. The van der Waals surface area contributed by atoms with E-state index < -0.39 is 0 Å². The number of methoxy groups -OCH3 is 1. The maximum absolute atomic E-state index is 12.3. The SMILES string of the molecule is COc1cc(N)cc(-c2cnn(CC(=O)N3CCCCC3)c2)c1. The Balaban J connectivity index is 1.72. The first-order valence-electron chi connectivity index (χ1n) is 7.91. The van der Waals surface area contributed by atoms with E-state index in [4.69, 9.17) is 10.5 Å². The van der Waals surface area contributed by atoms with Gasteiger partial charge in [-0.15, -0.1) is 0 Å². The number of nitrogens with zero attached hydrogens (tertiary/aromatic N) is 3. The molecule has 0 atom stereocenters. The maximum atomic E-state index is 12.3. The van der Waals surface area contributed by atoms with Crippen molar-refractivity contribution in [3.8, 4) is 16.9 Å². The molecule has 122 valence electrons. The zero-order valence-electron chi connectivity index (χ0n) is 13.4. The number of hydrogen-bond donors (Lipinski definition) is 1. The third kappa shape index (κ3) is 3.64. The lowest BCUT2D eigenvalue weighted by Crippen LogP contribution is -2.37. The summed E-state index contributed by atoms with van der Waals surface area (Å²) < 4.78 is 6.92. The van der Waals surface area contributed by atoms with E-state index >= 15 is 0 Å². The van der Waals surface area contributed by atoms with E-state index in [1.54, 1.807) is 24.1 Å². The fourth-order valence-corrected chi connectivity index (χ4v) is 2.89. The van der Waals surface area contributed by atoms with Crippen molar-refractivity contribution in [2.45, 2.75) is 25.8 Å². The topological polar surface area (TPSA) is 73.4 Å². The van der Waals surface area contributed by atoms with Crippen LogP contribution in [-0.2, 0) is 11.3 Å². The first-order chi connectivity index (χ1) is 11.2. The number of nitrogens with two attached hydrogens (primary N) is 1. The second-order valence-corrected chi connectivity index (χ2v) is 5.86. The first-order valence-corrected chi connectivity index (χ1v) is 7.91. The summed E-state index contributed by atoms with van der Waals surface area (Å²) in [6.45, 7) is 2.00. The third-order valence-electron chi connectivity index (χ3n) is 4.14. The van der Waals surface area contributed by atoms with Crippen molar-refractivity contribution < 1.29 is 9.53 Å². The van der Waals surface area contributed by atoms with Crippen LogP contribution in [0.25, 0.3) is 11.1 Å². The zero-order chi connectivity index (χ0) is 16.2. The van der Waals surface area contributed by atoms with Crippen LogP contribution in [0, 0.1) is 0 Å². The molecule has 2 heterocycles. The van der Waals surface area contributed by atoms with E-state index in [1.165, 1.54) is 6.42 Å². The van der Waals surface area contributed by atoms with Crippen molar-refractivity contribution in [1.82, 2.24) is 14.7 Å². The highest BCUT2D eigenvalue weighted by molar-refractivity contribution is 5.76. The number of nitrogen functional groups attached to an aromatic ring is 1. The van der Waals surface area contributed by atoms with Crippen molar-refractivity contribution in [2.24, 2.45) is 0 Å². The lowest BCUT2D eigenvalue weighted by molar-refractivity contribution is -0.132. The molecule has 0 radical (unpaired) electrons. The van der Waals surface area contributed by atoms with Crippen LogP contribution in [0.4, 0.5) is 5.69 Å². The molecular weight excluding hydrogens is 292 g/mol. The summed E-state index contributed by atoms with van der Waals surface area (Å²) in [5, 5.41) is 4.30. The van der Waals surface area contributed by atoms with E-state index in [1.807, 2.05) is 23.2 Å². The van der Waals surface area contributed by atoms with Crippen LogP contribution in [0.1, 0.15) is 19.3 Å². The monoisotopic (exact) mass is 314 g/mol. The van der Waals surface area contributed by atoms with Gasteiger partial charge in [-0.05, 0) is 37.0 Å². The van der Waals surface area contributed by atoms with Crippen molar-refractivity contribution in [1.29, 1.82) is 0 Å². The van der Waals surface area contributed by atoms with Gasteiger partial charge >= 0.3 is 0 Å². The highest BCUT2D eigenvalue weighted by Gasteiger charge is 2.17. The van der Waals surface area contributed by atoms with Gasteiger partial charge in [0.25, 0.3) is 0 Å². The molecule has 1 aromatic heterocycles. The Morgan fingerprint density at radius 1 is 1.22 bits per heavy atom. The predicted molar refractivity (Wildman–Crippen MR) is 89.1 cm³/mol. The van der Waals surface area contributed by atoms with Gasteiger partial charge in [0.05, 0.1) is 13.3 Å². The lowest BCUT2D eigenvalue weighted by Gasteiger charge is -2.26. The van der Waals surface area contributed by atoms with Gasteiger partial charge in [-0.1, -0.05) is 0 Å². The second kappa shape index (κ2) is 6.73. The average molecular weight is 314 g/mol. The molecule has 1 aromatic carbocycles. The molecular formula is C17H22N4O2. The van der Waals surface area contributed by atoms with Crippen LogP contribution in [-0.4, -0.2) is 40.8 Å². The van der Waals surface area contributed by atoms with E-state index in [-0.39, 0.29) is 12.5 Å². The minimum atomic E-state index is 0.129. The summed E-state index contributed by atoms with van der Waals surface area (Å²) in [4.78, 5) is 14.2. The maximum Gasteiger partial charge on any atom is 0.244 e. The quantitative estimate of drug-likeness (QED) is 0.878. The van der Waals surface area contributed by atoms with E-state index in [0.717, 1.165) is 37.1 Å². The Hall–Kier alpha value is -2.50. The molecule has 0 unspecified atom stereocenters. The van der Waals surface area contributed by atoms with Gasteiger partial charge in [0.15, 0.2) is 0 Å². The number of rotatable bonds is 4. The number of amides is 1. The molecule has 2 aromatic rings. The smallest absolute Gasteiger partial charge is 0.244 e. The number of carbonyl (C=O) groups excluding carboxylic acids is 1. The molecule has 0 spiro atoms. The number of carbonyl (C=O) groups is 1. The molecule has 1 fully saturated rings. The zero-order valence-corrected chi connectivity index (χ0v) is 13.4. The molecule has 1 aliphatic heterocycles. The van der Waals surface area contributed by atoms with Crippen LogP contribution < -0.4 is 10.5 Å². The number of hydrogen-bond acceptors (Lipinski definition) is 4. The molecule has 1 amide bonds. The largest absolute Gasteiger partial charge is 0.497 e. The number of ether oxygens (including phenoxy) is 1. The van der Waals surface area contributed by atoms with E-state index in [9.17, 15) is 4.79 Å². The number of aromatic nitrogens is 2. The van der Waals surface area contributed by atoms with Gasteiger partial charge in [-0.3, -0.25) is 9.48 Å². The van der Waals surface area contributed by atoms with Crippen molar-refractivity contribution in [3.63, 3.8) is 0 Å². The fourth-order valence-electron chi connectivity index (χ4n) is 2.89. The fraction of sp³-hybridized carbons (Fsp3) is 0.412. The number of anilines is 1. The minimum absolute atomic E-state index is 0.129. The Morgan fingerprint density at radius 3 is 2.74 bits per heavy atom. The summed E-state index contributed by atoms with van der Waals surface area (Å²) in [6.07, 6.45) is 7.03. The molecule has 1 aliphatic rings. The average Bonchev–Trinajstić information content (AvgIpc) is 3.03. The van der Waals surface area contributed by atoms with Crippen molar-refractivity contribution in [2.75, 3.05) is 25.9 Å². The Kier molecular flexibility index (Phi) is 4.50. The number of benzene rings is 1. The van der Waals surface area contributed by atoms with Gasteiger partial charge < -0.3 is 15.4 Å². The summed E-state index contributed by atoms with van der Waals surface area (Å²) in [5.74, 6) is 0.835. The van der Waals surface area contributed by atoms with E-state index in [0.29, 0.717) is 11.4 Å². The van der Waals surface area contributed by atoms with E-state index in [2.05, 4.69) is 5.10 Å².